The lowest BCUT2D eigenvalue weighted by molar-refractivity contribution is -0.119. The largest absolute Gasteiger partial charge is 0.507 e. The Kier molecular flexibility index (Phi) is 5.87. The molecule has 4 rings (SSSR count). The van der Waals surface area contributed by atoms with E-state index in [4.69, 9.17) is 4.74 Å². The minimum Gasteiger partial charge on any atom is -0.507 e. The van der Waals surface area contributed by atoms with Crippen LogP contribution >= 0.6 is 0 Å². The predicted octanol–water partition coefficient (Wildman–Crippen LogP) is 4.93. The van der Waals surface area contributed by atoms with Crippen molar-refractivity contribution in [1.82, 2.24) is 0 Å². The topological polar surface area (TPSA) is 113 Å². The summed E-state index contributed by atoms with van der Waals surface area (Å²) in [5.41, 5.74) is 1.51. The molecule has 1 aliphatic carbocycles. The minimum atomic E-state index is -0.818. The smallest absolute Gasteiger partial charge is 0.412 e. The lowest BCUT2D eigenvalue weighted by Crippen LogP contribution is -2.27. The van der Waals surface area contributed by atoms with Crippen LogP contribution in [-0.2, 0) is 16.0 Å². The zero-order valence-corrected chi connectivity index (χ0v) is 19.1. The number of phenolic OH excluding ortho intramolecular Hbond substituents is 2. The van der Waals surface area contributed by atoms with E-state index in [1.807, 2.05) is 0 Å². The van der Waals surface area contributed by atoms with E-state index in [-0.39, 0.29) is 34.8 Å². The molecule has 3 aromatic rings. The van der Waals surface area contributed by atoms with Gasteiger partial charge < -0.3 is 14.9 Å². The van der Waals surface area contributed by atoms with Gasteiger partial charge in [-0.3, -0.25) is 14.9 Å². The molecule has 0 bridgehead atoms. The van der Waals surface area contributed by atoms with Crippen LogP contribution in [0.2, 0.25) is 0 Å². The van der Waals surface area contributed by atoms with Gasteiger partial charge in [0.05, 0.1) is 17.0 Å². The van der Waals surface area contributed by atoms with Crippen molar-refractivity contribution in [3.05, 3.63) is 88.5 Å². The van der Waals surface area contributed by atoms with E-state index >= 15 is 0 Å². The van der Waals surface area contributed by atoms with Crippen LogP contribution in [0.25, 0.3) is 0 Å². The van der Waals surface area contributed by atoms with E-state index in [0.717, 1.165) is 0 Å². The van der Waals surface area contributed by atoms with Gasteiger partial charge in [0.25, 0.3) is 0 Å². The van der Waals surface area contributed by atoms with Gasteiger partial charge in [0.15, 0.2) is 0 Å². The van der Waals surface area contributed by atoms with Crippen molar-refractivity contribution in [1.29, 1.82) is 0 Å². The van der Waals surface area contributed by atoms with Crippen LogP contribution in [0.4, 0.5) is 10.5 Å². The number of amides is 1. The van der Waals surface area contributed by atoms with E-state index in [1.165, 1.54) is 12.1 Å². The number of phenols is 2. The number of hydrogen-bond acceptors (Lipinski definition) is 6. The highest BCUT2D eigenvalue weighted by atomic mass is 16.6. The molecule has 34 heavy (non-hydrogen) atoms. The Morgan fingerprint density at radius 3 is 1.91 bits per heavy atom. The maximum atomic E-state index is 13.5. The number of rotatable bonds is 4. The van der Waals surface area contributed by atoms with Crippen LogP contribution in [0, 0.1) is 0 Å². The SMILES string of the molecule is CC(C)(C)OC(=O)Nc1ccc(CC(=O)C2c3cccc(O)c3C(=O)c3c(O)cccc32)cc1. The molecule has 0 atom stereocenters. The van der Waals surface area contributed by atoms with Gasteiger partial charge in [-0.1, -0.05) is 36.4 Å². The van der Waals surface area contributed by atoms with E-state index in [0.29, 0.717) is 22.4 Å². The minimum absolute atomic E-state index is 0.0340. The molecule has 1 amide bonds. The molecule has 3 N–H and O–H groups in total. The third-order valence-electron chi connectivity index (χ3n) is 5.53. The van der Waals surface area contributed by atoms with Crippen molar-refractivity contribution >= 4 is 23.3 Å². The van der Waals surface area contributed by atoms with Gasteiger partial charge in [-0.05, 0) is 61.7 Å². The zero-order valence-electron chi connectivity index (χ0n) is 19.1. The Morgan fingerprint density at radius 2 is 1.41 bits per heavy atom. The standard InChI is InChI=1S/C27H25NO6/c1-27(2,3)34-26(33)28-16-12-10-15(11-13-16)14-21(31)22-17-6-4-8-19(29)23(17)25(32)24-18(22)7-5-9-20(24)30/h4-13,22,29-30H,14H2,1-3H3,(H,28,33). The van der Waals surface area contributed by atoms with Crippen LogP contribution < -0.4 is 5.32 Å². The Balaban J connectivity index is 1.60. The molecule has 174 valence electrons. The number of aromatic hydroxyl groups is 2. The highest BCUT2D eigenvalue weighted by Gasteiger charge is 2.38. The number of hydrogen-bond donors (Lipinski definition) is 3. The Labute approximate surface area is 197 Å². The number of carbonyl (C=O) groups excluding carboxylic acids is 3. The molecule has 1 aliphatic rings. The van der Waals surface area contributed by atoms with Gasteiger partial charge in [-0.25, -0.2) is 4.79 Å². The number of fused-ring (bicyclic) bond motifs is 2. The summed E-state index contributed by atoms with van der Waals surface area (Å²) in [4.78, 5) is 38.4. The van der Waals surface area contributed by atoms with Crippen molar-refractivity contribution < 1.29 is 29.3 Å². The molecule has 0 spiro atoms. The molecule has 3 aromatic carbocycles. The van der Waals surface area contributed by atoms with Crippen molar-refractivity contribution in [2.24, 2.45) is 0 Å². The third-order valence-corrected chi connectivity index (χ3v) is 5.53. The van der Waals surface area contributed by atoms with Crippen LogP contribution in [0.15, 0.2) is 60.7 Å². The van der Waals surface area contributed by atoms with Crippen LogP contribution in [0.5, 0.6) is 11.5 Å². The Hall–Kier alpha value is -4.13. The highest BCUT2D eigenvalue weighted by molar-refractivity contribution is 6.18. The average Bonchev–Trinajstić information content (AvgIpc) is 2.74. The van der Waals surface area contributed by atoms with Crippen molar-refractivity contribution in [3.8, 4) is 11.5 Å². The quantitative estimate of drug-likeness (QED) is 0.510. The molecule has 0 aliphatic heterocycles. The first-order chi connectivity index (χ1) is 16.0. The van der Waals surface area contributed by atoms with Crippen molar-refractivity contribution in [2.45, 2.75) is 38.7 Å². The fraction of sp³-hybridized carbons (Fsp3) is 0.222. The number of Topliss-reactive ketones (excluding diaryl/α,β-unsaturated/α-hetero) is 1. The molecule has 0 heterocycles. The van der Waals surface area contributed by atoms with Gasteiger partial charge in [0.1, 0.15) is 22.9 Å². The molecular weight excluding hydrogens is 434 g/mol. The van der Waals surface area contributed by atoms with Gasteiger partial charge >= 0.3 is 6.09 Å². The molecule has 0 saturated heterocycles. The van der Waals surface area contributed by atoms with Gasteiger partial charge in [-0.2, -0.15) is 0 Å². The van der Waals surface area contributed by atoms with E-state index < -0.39 is 23.4 Å². The summed E-state index contributed by atoms with van der Waals surface area (Å²) in [6.45, 7) is 5.32. The van der Waals surface area contributed by atoms with E-state index in [1.54, 1.807) is 69.3 Å². The first-order valence-corrected chi connectivity index (χ1v) is 10.9. The summed E-state index contributed by atoms with van der Waals surface area (Å²) in [7, 11) is 0. The second-order valence-corrected chi connectivity index (χ2v) is 9.21. The molecule has 0 fully saturated rings. The predicted molar refractivity (Wildman–Crippen MR) is 126 cm³/mol. The number of ether oxygens (including phenoxy) is 1. The van der Waals surface area contributed by atoms with Crippen LogP contribution in [0.1, 0.15) is 59.3 Å². The van der Waals surface area contributed by atoms with Crippen molar-refractivity contribution in [3.63, 3.8) is 0 Å². The monoisotopic (exact) mass is 459 g/mol. The molecule has 0 unspecified atom stereocenters. The first kappa shape index (κ1) is 23.0. The maximum Gasteiger partial charge on any atom is 0.412 e. The highest BCUT2D eigenvalue weighted by Crippen LogP contribution is 2.43. The first-order valence-electron chi connectivity index (χ1n) is 10.9. The number of nitrogens with one attached hydrogen (secondary N) is 1. The molecule has 7 nitrogen and oxygen atoms in total. The van der Waals surface area contributed by atoms with Crippen LogP contribution in [0.3, 0.4) is 0 Å². The second-order valence-electron chi connectivity index (χ2n) is 9.21. The van der Waals surface area contributed by atoms with E-state index in [2.05, 4.69) is 5.32 Å². The number of carbonyl (C=O) groups is 3. The summed E-state index contributed by atoms with van der Waals surface area (Å²) in [5.74, 6) is -1.98. The second kappa shape index (κ2) is 8.67. The van der Waals surface area contributed by atoms with Gasteiger partial charge in [-0.15, -0.1) is 0 Å². The van der Waals surface area contributed by atoms with Crippen molar-refractivity contribution in [2.75, 3.05) is 5.32 Å². The molecule has 0 aromatic heterocycles. The molecule has 0 radical (unpaired) electrons. The summed E-state index contributed by atoms with van der Waals surface area (Å²) < 4.78 is 5.24. The maximum absolute atomic E-state index is 13.5. The Morgan fingerprint density at radius 1 is 0.882 bits per heavy atom. The molecular formula is C27H25NO6. The van der Waals surface area contributed by atoms with Gasteiger partial charge in [0.2, 0.25) is 5.78 Å². The fourth-order valence-corrected chi connectivity index (χ4v) is 4.16. The van der Waals surface area contributed by atoms with E-state index in [9.17, 15) is 24.6 Å². The summed E-state index contributed by atoms with van der Waals surface area (Å²) in [6, 6.07) is 16.1. The van der Waals surface area contributed by atoms with Gasteiger partial charge in [0, 0.05) is 12.1 Å². The summed E-state index contributed by atoms with van der Waals surface area (Å²) in [5, 5.41) is 23.3. The number of benzene rings is 3. The summed E-state index contributed by atoms with van der Waals surface area (Å²) in [6.07, 6.45) is -0.522. The summed E-state index contributed by atoms with van der Waals surface area (Å²) >= 11 is 0. The molecule has 7 heteroatoms. The number of anilines is 1. The average molecular weight is 459 g/mol. The lowest BCUT2D eigenvalue weighted by atomic mass is 9.74. The Bertz CT molecular complexity index is 1230. The molecule has 0 saturated carbocycles. The lowest BCUT2D eigenvalue weighted by Gasteiger charge is -2.27. The third kappa shape index (κ3) is 4.50. The zero-order chi connectivity index (χ0) is 24.6. The van der Waals surface area contributed by atoms with Crippen LogP contribution in [-0.4, -0.2) is 33.5 Å². The normalized spacial score (nSPS) is 13.1. The number of ketones is 2. The fourth-order valence-electron chi connectivity index (χ4n) is 4.16.